The standard InChI is InChI=1S/C23H22F3N5O2/c24-23(25,26)16-4-2-15(3-5-16)22-10-17(22)12-30(14-22)8-1-9-31-13-18(20(32)29-21(31)33)19-11-27-6-7-28-19/h2-7,11,13,17H,1,8-10,12,14H2,(H,29,32,33)/t17?,22-/m1/s1. The molecule has 7 nitrogen and oxygen atoms in total. The molecule has 10 heteroatoms. The molecule has 0 radical (unpaired) electrons. The topological polar surface area (TPSA) is 83.9 Å². The van der Waals surface area contributed by atoms with Gasteiger partial charge in [0.25, 0.3) is 5.56 Å². The average molecular weight is 457 g/mol. The number of likely N-dealkylation sites (tertiary alicyclic amines) is 1. The van der Waals surface area contributed by atoms with Crippen molar-refractivity contribution >= 4 is 0 Å². The molecule has 2 fully saturated rings. The lowest BCUT2D eigenvalue weighted by molar-refractivity contribution is -0.137. The normalized spacial score (nSPS) is 22.3. The highest BCUT2D eigenvalue weighted by Gasteiger charge is 2.60. The predicted octanol–water partition coefficient (Wildman–Crippen LogP) is 2.68. The maximum Gasteiger partial charge on any atom is 0.416 e. The van der Waals surface area contributed by atoms with E-state index in [0.717, 1.165) is 31.6 Å². The van der Waals surface area contributed by atoms with Crippen LogP contribution in [0.2, 0.25) is 0 Å². The number of aryl methyl sites for hydroxylation is 1. The molecule has 0 bridgehead atoms. The second-order valence-electron chi connectivity index (χ2n) is 8.81. The summed E-state index contributed by atoms with van der Waals surface area (Å²) in [5.41, 5.74) is -0.0154. The fourth-order valence-electron chi connectivity index (χ4n) is 4.96. The summed E-state index contributed by atoms with van der Waals surface area (Å²) in [7, 11) is 0. The molecular weight excluding hydrogens is 435 g/mol. The monoisotopic (exact) mass is 457 g/mol. The van der Waals surface area contributed by atoms with Crippen LogP contribution >= 0.6 is 0 Å². The summed E-state index contributed by atoms with van der Waals surface area (Å²) < 4.78 is 40.0. The molecule has 1 aromatic carbocycles. The van der Waals surface area contributed by atoms with Gasteiger partial charge in [-0.1, -0.05) is 12.1 Å². The number of aromatic amines is 1. The van der Waals surface area contributed by atoms with E-state index in [2.05, 4.69) is 19.9 Å². The van der Waals surface area contributed by atoms with Crippen LogP contribution in [0.5, 0.6) is 0 Å². The molecule has 2 aromatic heterocycles. The number of halogens is 3. The zero-order chi connectivity index (χ0) is 23.2. The summed E-state index contributed by atoms with van der Waals surface area (Å²) in [6, 6.07) is 5.55. The zero-order valence-electron chi connectivity index (χ0n) is 17.7. The number of nitrogens with zero attached hydrogens (tertiary/aromatic N) is 4. The number of alkyl halides is 3. The minimum absolute atomic E-state index is 0.0574. The highest BCUT2D eigenvalue weighted by atomic mass is 19.4. The van der Waals surface area contributed by atoms with Crippen LogP contribution in [-0.2, 0) is 18.1 Å². The Hall–Kier alpha value is -3.27. The van der Waals surface area contributed by atoms with Gasteiger partial charge in [0.2, 0.25) is 0 Å². The van der Waals surface area contributed by atoms with Crippen molar-refractivity contribution in [3.63, 3.8) is 0 Å². The molecular formula is C23H22F3N5O2. The summed E-state index contributed by atoms with van der Waals surface area (Å²) in [4.78, 5) is 37.1. The van der Waals surface area contributed by atoms with Gasteiger partial charge in [-0.2, -0.15) is 13.2 Å². The summed E-state index contributed by atoms with van der Waals surface area (Å²) in [5, 5.41) is 0. The second-order valence-corrected chi connectivity index (χ2v) is 8.81. The second kappa shape index (κ2) is 7.95. The maximum atomic E-state index is 12.9. The molecule has 172 valence electrons. The Morgan fingerprint density at radius 1 is 1.12 bits per heavy atom. The fourth-order valence-corrected chi connectivity index (χ4v) is 4.96. The number of rotatable bonds is 6. The molecule has 33 heavy (non-hydrogen) atoms. The molecule has 5 rings (SSSR count). The van der Waals surface area contributed by atoms with Crippen molar-refractivity contribution in [3.8, 4) is 11.3 Å². The Morgan fingerprint density at radius 3 is 2.61 bits per heavy atom. The molecule has 1 aliphatic carbocycles. The van der Waals surface area contributed by atoms with Crippen LogP contribution in [0.3, 0.4) is 0 Å². The van der Waals surface area contributed by atoms with Crippen molar-refractivity contribution in [1.29, 1.82) is 0 Å². The number of fused-ring (bicyclic) bond motifs is 1. The fraction of sp³-hybridized carbons (Fsp3) is 0.391. The molecule has 1 saturated heterocycles. The van der Waals surface area contributed by atoms with E-state index in [4.69, 9.17) is 0 Å². The minimum Gasteiger partial charge on any atom is -0.302 e. The molecule has 2 atom stereocenters. The third kappa shape index (κ3) is 4.10. The van der Waals surface area contributed by atoms with E-state index in [0.29, 0.717) is 24.6 Å². The lowest BCUT2D eigenvalue weighted by atomic mass is 9.94. The van der Waals surface area contributed by atoms with Gasteiger partial charge in [0.05, 0.1) is 23.0 Å². The number of H-pyrrole nitrogens is 1. The van der Waals surface area contributed by atoms with Crippen molar-refractivity contribution in [2.24, 2.45) is 5.92 Å². The third-order valence-corrected chi connectivity index (χ3v) is 6.73. The molecule has 1 N–H and O–H groups in total. The first-order chi connectivity index (χ1) is 15.8. The van der Waals surface area contributed by atoms with E-state index >= 15 is 0 Å². The first-order valence-corrected chi connectivity index (χ1v) is 10.8. The Bertz CT molecular complexity index is 1270. The number of benzene rings is 1. The van der Waals surface area contributed by atoms with Crippen LogP contribution in [-0.4, -0.2) is 44.1 Å². The van der Waals surface area contributed by atoms with Gasteiger partial charge in [-0.05, 0) is 43.0 Å². The Labute approximate surface area is 186 Å². The smallest absolute Gasteiger partial charge is 0.302 e. The summed E-state index contributed by atoms with van der Waals surface area (Å²) in [6.45, 7) is 2.88. The molecule has 1 saturated carbocycles. The number of piperidine rings is 1. The minimum atomic E-state index is -4.33. The largest absolute Gasteiger partial charge is 0.416 e. The molecule has 1 unspecified atom stereocenters. The van der Waals surface area contributed by atoms with Crippen molar-refractivity contribution in [2.45, 2.75) is 31.0 Å². The van der Waals surface area contributed by atoms with Crippen molar-refractivity contribution in [2.75, 3.05) is 19.6 Å². The van der Waals surface area contributed by atoms with Crippen molar-refractivity contribution in [3.05, 3.63) is 81.0 Å². The van der Waals surface area contributed by atoms with Gasteiger partial charge in [-0.15, -0.1) is 0 Å². The van der Waals surface area contributed by atoms with Crippen LogP contribution in [0.15, 0.2) is 58.6 Å². The molecule has 3 heterocycles. The summed E-state index contributed by atoms with van der Waals surface area (Å²) >= 11 is 0. The van der Waals surface area contributed by atoms with Gasteiger partial charge >= 0.3 is 11.9 Å². The first-order valence-electron chi connectivity index (χ1n) is 10.8. The number of aromatic nitrogens is 4. The van der Waals surface area contributed by atoms with Gasteiger partial charge in [0.1, 0.15) is 0 Å². The van der Waals surface area contributed by atoms with E-state index < -0.39 is 23.0 Å². The van der Waals surface area contributed by atoms with Gasteiger partial charge in [-0.3, -0.25) is 24.3 Å². The van der Waals surface area contributed by atoms with Gasteiger partial charge in [-0.25, -0.2) is 4.79 Å². The SMILES string of the molecule is O=c1[nH]c(=O)n(CCCN2CC3C[C@]3(c3ccc(C(F)(F)F)cc3)C2)cc1-c1cnccn1. The van der Waals surface area contributed by atoms with Gasteiger partial charge in [0, 0.05) is 43.6 Å². The van der Waals surface area contributed by atoms with Crippen LogP contribution in [0.1, 0.15) is 24.0 Å². The van der Waals surface area contributed by atoms with E-state index in [1.54, 1.807) is 12.1 Å². The Kier molecular flexibility index (Phi) is 5.19. The van der Waals surface area contributed by atoms with Gasteiger partial charge in [0.15, 0.2) is 0 Å². The van der Waals surface area contributed by atoms with E-state index in [9.17, 15) is 22.8 Å². The van der Waals surface area contributed by atoms with Crippen molar-refractivity contribution in [1.82, 2.24) is 24.4 Å². The molecule has 0 spiro atoms. The van der Waals surface area contributed by atoms with Crippen LogP contribution < -0.4 is 11.2 Å². The summed E-state index contributed by atoms with van der Waals surface area (Å²) in [6.07, 6.45) is 3.33. The first kappa shape index (κ1) is 21.6. The number of hydrogen-bond donors (Lipinski definition) is 1. The molecule has 2 aliphatic rings. The van der Waals surface area contributed by atoms with E-state index in [-0.39, 0.29) is 11.0 Å². The highest BCUT2D eigenvalue weighted by molar-refractivity contribution is 5.54. The number of nitrogens with one attached hydrogen (secondary N) is 1. The summed E-state index contributed by atoms with van der Waals surface area (Å²) in [5.74, 6) is 0.452. The van der Waals surface area contributed by atoms with Crippen LogP contribution in [0, 0.1) is 5.92 Å². The molecule has 1 aliphatic heterocycles. The van der Waals surface area contributed by atoms with Crippen LogP contribution in [0.25, 0.3) is 11.3 Å². The lowest BCUT2D eigenvalue weighted by Crippen LogP contribution is -2.32. The highest BCUT2D eigenvalue weighted by Crippen LogP contribution is 2.59. The Morgan fingerprint density at radius 2 is 1.91 bits per heavy atom. The quantitative estimate of drug-likeness (QED) is 0.616. The van der Waals surface area contributed by atoms with Crippen molar-refractivity contribution < 1.29 is 13.2 Å². The Balaban J connectivity index is 1.22. The molecule has 0 amide bonds. The zero-order valence-corrected chi connectivity index (χ0v) is 17.7. The van der Waals surface area contributed by atoms with Gasteiger partial charge < -0.3 is 4.90 Å². The number of hydrogen-bond acceptors (Lipinski definition) is 5. The lowest BCUT2D eigenvalue weighted by Gasteiger charge is -2.21. The predicted molar refractivity (Wildman–Crippen MR) is 115 cm³/mol. The van der Waals surface area contributed by atoms with E-state index in [1.165, 1.54) is 41.5 Å². The molecule has 3 aromatic rings. The maximum absolute atomic E-state index is 12.9. The van der Waals surface area contributed by atoms with E-state index in [1.807, 2.05) is 0 Å². The third-order valence-electron chi connectivity index (χ3n) is 6.73. The van der Waals surface area contributed by atoms with Crippen LogP contribution in [0.4, 0.5) is 13.2 Å². The average Bonchev–Trinajstić information content (AvgIpc) is 3.36.